The van der Waals surface area contributed by atoms with E-state index < -0.39 is 0 Å². The van der Waals surface area contributed by atoms with E-state index in [1.807, 2.05) is 0 Å². The molecule has 1 aromatic heterocycles. The van der Waals surface area contributed by atoms with Crippen molar-refractivity contribution in [2.45, 2.75) is 27.3 Å². The highest BCUT2D eigenvalue weighted by Gasteiger charge is 2.10. The first-order chi connectivity index (χ1) is 6.87. The molecule has 1 aromatic rings. The van der Waals surface area contributed by atoms with Crippen LogP contribution in [0.5, 0.6) is 0 Å². The van der Waals surface area contributed by atoms with Crippen LogP contribution in [0.4, 0.5) is 5.69 Å². The van der Waals surface area contributed by atoms with Crippen LogP contribution < -0.4 is 11.1 Å². The smallest absolute Gasteiger partial charge is 0.239 e. The van der Waals surface area contributed by atoms with Gasteiger partial charge in [0.15, 0.2) is 0 Å². The Morgan fingerprint density at radius 1 is 1.60 bits per heavy atom. The van der Waals surface area contributed by atoms with Gasteiger partial charge in [0, 0.05) is 12.7 Å². The number of carbonyl (C=O) groups is 1. The van der Waals surface area contributed by atoms with Gasteiger partial charge in [0.25, 0.3) is 0 Å². The van der Waals surface area contributed by atoms with Crippen LogP contribution in [0.3, 0.4) is 0 Å². The molecule has 0 aliphatic carbocycles. The predicted molar refractivity (Wildman–Crippen MR) is 59.4 cm³/mol. The highest BCUT2D eigenvalue weighted by Crippen LogP contribution is 2.14. The lowest BCUT2D eigenvalue weighted by Crippen LogP contribution is -2.19. The molecule has 0 fully saturated rings. The molecule has 1 rings (SSSR count). The maximum Gasteiger partial charge on any atom is 0.239 e. The SMILES string of the molecule is CC(C)(C)CNc1cnn(CC(N)=O)c1. The van der Waals surface area contributed by atoms with Gasteiger partial charge in [0.1, 0.15) is 6.54 Å². The zero-order valence-corrected chi connectivity index (χ0v) is 9.45. The summed E-state index contributed by atoms with van der Waals surface area (Å²) in [4.78, 5) is 10.6. The standard InChI is InChI=1S/C10H18N4O/c1-10(2,3)7-12-8-4-13-14(5-8)6-9(11)15/h4-5,12H,6-7H2,1-3H3,(H2,11,15). The molecule has 0 atom stereocenters. The van der Waals surface area contributed by atoms with Crippen molar-refractivity contribution in [2.75, 3.05) is 11.9 Å². The quantitative estimate of drug-likeness (QED) is 0.773. The second-order valence-corrected chi connectivity index (χ2v) is 4.81. The fourth-order valence-electron chi connectivity index (χ4n) is 1.07. The highest BCUT2D eigenvalue weighted by atomic mass is 16.1. The number of hydrogen-bond donors (Lipinski definition) is 2. The summed E-state index contributed by atoms with van der Waals surface area (Å²) in [5, 5.41) is 7.25. The van der Waals surface area contributed by atoms with Gasteiger partial charge in [-0.15, -0.1) is 0 Å². The van der Waals surface area contributed by atoms with E-state index in [1.165, 1.54) is 4.68 Å². The van der Waals surface area contributed by atoms with Crippen LogP contribution in [-0.2, 0) is 11.3 Å². The van der Waals surface area contributed by atoms with Gasteiger partial charge in [-0.1, -0.05) is 20.8 Å². The normalized spacial score (nSPS) is 11.4. The first-order valence-corrected chi connectivity index (χ1v) is 4.91. The van der Waals surface area contributed by atoms with Crippen molar-refractivity contribution in [3.05, 3.63) is 12.4 Å². The predicted octanol–water partition coefficient (Wildman–Crippen LogP) is 0.826. The number of aromatic nitrogens is 2. The Kier molecular flexibility index (Phi) is 3.34. The van der Waals surface area contributed by atoms with Crippen molar-refractivity contribution < 1.29 is 4.79 Å². The van der Waals surface area contributed by atoms with Crippen LogP contribution in [0.25, 0.3) is 0 Å². The molecule has 1 heterocycles. The third-order valence-electron chi connectivity index (χ3n) is 1.77. The maximum atomic E-state index is 10.6. The number of amides is 1. The molecule has 0 saturated carbocycles. The van der Waals surface area contributed by atoms with Crippen molar-refractivity contribution in [2.24, 2.45) is 11.1 Å². The summed E-state index contributed by atoms with van der Waals surface area (Å²) in [6.07, 6.45) is 3.46. The molecule has 0 bridgehead atoms. The molecule has 0 aromatic carbocycles. The largest absolute Gasteiger partial charge is 0.382 e. The van der Waals surface area contributed by atoms with Crippen LogP contribution in [0.1, 0.15) is 20.8 Å². The van der Waals surface area contributed by atoms with Crippen molar-refractivity contribution in [1.82, 2.24) is 9.78 Å². The lowest BCUT2D eigenvalue weighted by molar-refractivity contribution is -0.118. The number of nitrogens with two attached hydrogens (primary N) is 1. The third-order valence-corrected chi connectivity index (χ3v) is 1.77. The van der Waals surface area contributed by atoms with Crippen molar-refractivity contribution in [3.63, 3.8) is 0 Å². The summed E-state index contributed by atoms with van der Waals surface area (Å²) in [6.45, 7) is 7.42. The zero-order valence-electron chi connectivity index (χ0n) is 9.45. The molecule has 3 N–H and O–H groups in total. The van der Waals surface area contributed by atoms with Crippen molar-refractivity contribution >= 4 is 11.6 Å². The Balaban J connectivity index is 2.50. The van der Waals surface area contributed by atoms with Crippen molar-refractivity contribution in [1.29, 1.82) is 0 Å². The molecule has 1 amide bonds. The average molecular weight is 210 g/mol. The van der Waals surface area contributed by atoms with Gasteiger partial charge in [-0.2, -0.15) is 5.10 Å². The third kappa shape index (κ3) is 4.49. The number of primary amides is 1. The lowest BCUT2D eigenvalue weighted by atomic mass is 9.97. The molecular formula is C10H18N4O. The summed E-state index contributed by atoms with van der Waals surface area (Å²) in [7, 11) is 0. The van der Waals surface area contributed by atoms with Gasteiger partial charge in [-0.25, -0.2) is 0 Å². The summed E-state index contributed by atoms with van der Waals surface area (Å²) in [5.74, 6) is -0.388. The molecule has 0 saturated heterocycles. The highest BCUT2D eigenvalue weighted by molar-refractivity contribution is 5.73. The van der Waals surface area contributed by atoms with E-state index in [1.54, 1.807) is 12.4 Å². The molecule has 0 unspecified atom stereocenters. The first-order valence-electron chi connectivity index (χ1n) is 4.91. The van der Waals surface area contributed by atoms with E-state index in [0.29, 0.717) is 0 Å². The van der Waals surface area contributed by atoms with Crippen LogP contribution in [0.15, 0.2) is 12.4 Å². The summed E-state index contributed by atoms with van der Waals surface area (Å²) < 4.78 is 1.52. The summed E-state index contributed by atoms with van der Waals surface area (Å²) in [5.41, 5.74) is 6.18. The zero-order chi connectivity index (χ0) is 11.5. The number of hydrogen-bond acceptors (Lipinski definition) is 3. The Morgan fingerprint density at radius 3 is 2.80 bits per heavy atom. The second-order valence-electron chi connectivity index (χ2n) is 4.81. The summed E-state index contributed by atoms with van der Waals surface area (Å²) in [6, 6.07) is 0. The van der Waals surface area contributed by atoms with Gasteiger partial charge in [-0.3, -0.25) is 9.48 Å². The average Bonchev–Trinajstić information content (AvgIpc) is 2.46. The first kappa shape index (κ1) is 11.6. The number of nitrogens with zero attached hydrogens (tertiary/aromatic N) is 2. The Hall–Kier alpha value is -1.52. The van der Waals surface area contributed by atoms with E-state index >= 15 is 0 Å². The van der Waals surface area contributed by atoms with E-state index in [9.17, 15) is 4.79 Å². The van der Waals surface area contributed by atoms with Gasteiger partial charge < -0.3 is 11.1 Å². The van der Waals surface area contributed by atoms with Gasteiger partial charge in [-0.05, 0) is 5.41 Å². The van der Waals surface area contributed by atoms with E-state index in [4.69, 9.17) is 5.73 Å². The van der Waals surface area contributed by atoms with E-state index in [0.717, 1.165) is 12.2 Å². The van der Waals surface area contributed by atoms with Gasteiger partial charge in [0.2, 0.25) is 5.91 Å². The Labute approximate surface area is 89.6 Å². The molecule has 0 aliphatic heterocycles. The van der Waals surface area contributed by atoms with Gasteiger partial charge in [0.05, 0.1) is 11.9 Å². The minimum absolute atomic E-state index is 0.122. The van der Waals surface area contributed by atoms with Crippen LogP contribution >= 0.6 is 0 Å². The molecule has 5 nitrogen and oxygen atoms in total. The fourth-order valence-corrected chi connectivity index (χ4v) is 1.07. The minimum atomic E-state index is -0.388. The Bertz CT molecular complexity index is 337. The molecule has 0 radical (unpaired) electrons. The number of anilines is 1. The van der Waals surface area contributed by atoms with Crippen molar-refractivity contribution in [3.8, 4) is 0 Å². The minimum Gasteiger partial charge on any atom is -0.382 e. The Morgan fingerprint density at radius 2 is 2.27 bits per heavy atom. The van der Waals surface area contributed by atoms with Crippen LogP contribution in [-0.4, -0.2) is 22.2 Å². The number of nitrogens with one attached hydrogen (secondary N) is 1. The van der Waals surface area contributed by atoms with Gasteiger partial charge >= 0.3 is 0 Å². The molecule has 0 spiro atoms. The van der Waals surface area contributed by atoms with E-state index in [2.05, 4.69) is 31.2 Å². The maximum absolute atomic E-state index is 10.6. The molecule has 84 valence electrons. The topological polar surface area (TPSA) is 72.9 Å². The molecule has 15 heavy (non-hydrogen) atoms. The number of rotatable bonds is 4. The molecular weight excluding hydrogens is 192 g/mol. The monoisotopic (exact) mass is 210 g/mol. The number of carbonyl (C=O) groups excluding carboxylic acids is 1. The van der Waals surface area contributed by atoms with E-state index in [-0.39, 0.29) is 17.9 Å². The second kappa shape index (κ2) is 4.33. The lowest BCUT2D eigenvalue weighted by Gasteiger charge is -2.18. The van der Waals surface area contributed by atoms with Crippen LogP contribution in [0.2, 0.25) is 0 Å². The fraction of sp³-hybridized carbons (Fsp3) is 0.600. The molecule has 0 aliphatic rings. The molecule has 5 heteroatoms. The van der Waals surface area contributed by atoms with Crippen LogP contribution in [0, 0.1) is 5.41 Å². The summed E-state index contributed by atoms with van der Waals surface area (Å²) >= 11 is 0.